The van der Waals surface area contributed by atoms with E-state index in [-0.39, 0.29) is 35.5 Å². The van der Waals surface area contributed by atoms with Crippen LogP contribution in [0, 0.1) is 20.8 Å². The van der Waals surface area contributed by atoms with Gasteiger partial charge in [0.25, 0.3) is 0 Å². The normalized spacial score (nSPS) is 17.0. The summed E-state index contributed by atoms with van der Waals surface area (Å²) in [5, 5.41) is 20.6. The molecule has 0 saturated heterocycles. The zero-order chi connectivity index (χ0) is 23.1. The Balaban J connectivity index is 2.40. The van der Waals surface area contributed by atoms with Crippen molar-refractivity contribution in [3.05, 3.63) is 39.7 Å². The number of urea groups is 1. The van der Waals surface area contributed by atoms with E-state index in [4.69, 9.17) is 4.84 Å². The van der Waals surface area contributed by atoms with E-state index in [9.17, 15) is 14.7 Å². The number of benzene rings is 1. The lowest BCUT2D eigenvalue weighted by Crippen LogP contribution is -2.30. The second-order valence-corrected chi connectivity index (χ2v) is 7.96. The van der Waals surface area contributed by atoms with Crippen LogP contribution in [0.25, 0.3) is 0 Å². The Morgan fingerprint density at radius 1 is 1.19 bits per heavy atom. The van der Waals surface area contributed by atoms with Gasteiger partial charge in [-0.25, -0.2) is 4.79 Å². The summed E-state index contributed by atoms with van der Waals surface area (Å²) in [4.78, 5) is 30.4. The molecule has 0 fully saturated rings. The van der Waals surface area contributed by atoms with Gasteiger partial charge in [0.1, 0.15) is 12.4 Å². The number of aliphatic hydroxyl groups excluding tert-OH is 1. The van der Waals surface area contributed by atoms with Gasteiger partial charge in [0.15, 0.2) is 5.78 Å². The molecular weight excluding hydrogens is 394 g/mol. The number of aryl methyl sites for hydroxylation is 2. The number of carbonyl (C=O) groups is 2. The SMILES string of the molecule is CCCNC(=O)Nc1c(C)cc(C)c(C2CC(=O)C(/C(CC)=N\OCC)=C(O)C2)c1C. The number of aliphatic hydroxyl groups is 1. The summed E-state index contributed by atoms with van der Waals surface area (Å²) >= 11 is 0. The highest BCUT2D eigenvalue weighted by molar-refractivity contribution is 6.23. The fourth-order valence-electron chi connectivity index (χ4n) is 4.27. The predicted octanol–water partition coefficient (Wildman–Crippen LogP) is 5.20. The molecule has 3 N–H and O–H groups in total. The Kier molecular flexibility index (Phi) is 8.65. The lowest BCUT2D eigenvalue weighted by atomic mass is 9.77. The van der Waals surface area contributed by atoms with Crippen LogP contribution in [0.5, 0.6) is 0 Å². The maximum Gasteiger partial charge on any atom is 0.319 e. The van der Waals surface area contributed by atoms with Crippen LogP contribution in [0.15, 0.2) is 22.6 Å². The summed E-state index contributed by atoms with van der Waals surface area (Å²) in [7, 11) is 0. The number of nitrogens with one attached hydrogen (secondary N) is 2. The molecular formula is C24H35N3O4. The van der Waals surface area contributed by atoms with Crippen LogP contribution in [0.2, 0.25) is 0 Å². The molecule has 1 unspecified atom stereocenters. The number of hydrogen-bond acceptors (Lipinski definition) is 5. The van der Waals surface area contributed by atoms with E-state index in [0.29, 0.717) is 31.7 Å². The van der Waals surface area contributed by atoms with E-state index in [2.05, 4.69) is 15.8 Å². The molecule has 31 heavy (non-hydrogen) atoms. The van der Waals surface area contributed by atoms with E-state index in [1.807, 2.05) is 47.6 Å². The lowest BCUT2D eigenvalue weighted by molar-refractivity contribution is -0.116. The molecule has 170 valence electrons. The monoisotopic (exact) mass is 429 g/mol. The number of allylic oxidation sites excluding steroid dienone is 2. The summed E-state index contributed by atoms with van der Waals surface area (Å²) in [6.45, 7) is 12.6. The quantitative estimate of drug-likeness (QED) is 0.390. The van der Waals surface area contributed by atoms with Crippen molar-refractivity contribution in [3.8, 4) is 0 Å². The van der Waals surface area contributed by atoms with Crippen LogP contribution >= 0.6 is 0 Å². The van der Waals surface area contributed by atoms with Crippen molar-refractivity contribution < 1.29 is 19.5 Å². The van der Waals surface area contributed by atoms with Crippen LogP contribution in [-0.4, -0.2) is 35.8 Å². The maximum absolute atomic E-state index is 13.0. The number of carbonyl (C=O) groups excluding carboxylic acids is 2. The lowest BCUT2D eigenvalue weighted by Gasteiger charge is -2.28. The molecule has 1 aliphatic carbocycles. The minimum Gasteiger partial charge on any atom is -0.511 e. The number of rotatable bonds is 8. The van der Waals surface area contributed by atoms with Gasteiger partial charge in [-0.3, -0.25) is 4.79 Å². The van der Waals surface area contributed by atoms with E-state index in [1.54, 1.807) is 0 Å². The second kappa shape index (κ2) is 11.0. The van der Waals surface area contributed by atoms with Gasteiger partial charge in [0.05, 0.1) is 11.3 Å². The van der Waals surface area contributed by atoms with Gasteiger partial charge in [0.2, 0.25) is 0 Å². The molecule has 1 atom stereocenters. The van der Waals surface area contributed by atoms with E-state index < -0.39 is 0 Å². The van der Waals surface area contributed by atoms with Crippen LogP contribution in [0.4, 0.5) is 10.5 Å². The number of hydrogen-bond donors (Lipinski definition) is 3. The van der Waals surface area contributed by atoms with Crippen LogP contribution in [0.1, 0.15) is 74.6 Å². The molecule has 2 rings (SSSR count). The molecule has 0 aliphatic heterocycles. The number of Topliss-reactive ketones (excluding diaryl/α,β-unsaturated/α-hetero) is 1. The second-order valence-electron chi connectivity index (χ2n) is 7.96. The zero-order valence-electron chi connectivity index (χ0n) is 19.5. The van der Waals surface area contributed by atoms with Crippen molar-refractivity contribution in [1.82, 2.24) is 5.32 Å². The highest BCUT2D eigenvalue weighted by Gasteiger charge is 2.33. The van der Waals surface area contributed by atoms with Gasteiger partial charge in [-0.2, -0.15) is 0 Å². The topological polar surface area (TPSA) is 100 Å². The third kappa shape index (κ3) is 5.66. The molecule has 7 nitrogen and oxygen atoms in total. The third-order valence-electron chi connectivity index (χ3n) is 5.58. The highest BCUT2D eigenvalue weighted by Crippen LogP contribution is 2.40. The maximum atomic E-state index is 13.0. The molecule has 0 heterocycles. The minimum absolute atomic E-state index is 0.0520. The van der Waals surface area contributed by atoms with Crippen molar-refractivity contribution in [1.29, 1.82) is 0 Å². The number of anilines is 1. The van der Waals surface area contributed by atoms with Crippen molar-refractivity contribution in [2.24, 2.45) is 5.16 Å². The Morgan fingerprint density at radius 3 is 2.48 bits per heavy atom. The summed E-state index contributed by atoms with van der Waals surface area (Å²) in [6.07, 6.45) is 1.98. The molecule has 2 amide bonds. The van der Waals surface area contributed by atoms with Gasteiger partial charge in [-0.15, -0.1) is 0 Å². The molecule has 0 saturated carbocycles. The van der Waals surface area contributed by atoms with Gasteiger partial charge in [-0.05, 0) is 68.7 Å². The summed E-state index contributed by atoms with van der Waals surface area (Å²) in [6, 6.07) is 1.78. The number of ketones is 1. The first-order valence-electron chi connectivity index (χ1n) is 11.0. The molecule has 1 aliphatic rings. The van der Waals surface area contributed by atoms with E-state index >= 15 is 0 Å². The van der Waals surface area contributed by atoms with Crippen molar-refractivity contribution in [2.45, 2.75) is 73.1 Å². The third-order valence-corrected chi connectivity index (χ3v) is 5.58. The summed E-state index contributed by atoms with van der Waals surface area (Å²) in [5.41, 5.74) is 5.45. The number of oxime groups is 1. The standard InChI is InChI=1S/C24H35N3O4/c1-7-10-25-24(30)26-23-15(5)11-14(4)21(16(23)6)17-12-19(28)22(20(29)13-17)18(8-2)27-31-9-3/h11,17,28H,7-10,12-13H2,1-6H3,(H2,25,26,30)/b27-18-. The molecule has 0 radical (unpaired) electrons. The first kappa shape index (κ1) is 24.4. The first-order valence-corrected chi connectivity index (χ1v) is 11.0. The zero-order valence-corrected chi connectivity index (χ0v) is 19.5. The van der Waals surface area contributed by atoms with Crippen molar-refractivity contribution >= 4 is 23.2 Å². The van der Waals surface area contributed by atoms with Crippen molar-refractivity contribution in [2.75, 3.05) is 18.5 Å². The van der Waals surface area contributed by atoms with Gasteiger partial charge in [-0.1, -0.05) is 25.1 Å². The molecule has 0 bridgehead atoms. The average Bonchev–Trinajstić information content (AvgIpc) is 2.71. The average molecular weight is 430 g/mol. The summed E-state index contributed by atoms with van der Waals surface area (Å²) in [5.74, 6) is -0.249. The fourth-order valence-corrected chi connectivity index (χ4v) is 4.27. The molecule has 7 heteroatoms. The van der Waals surface area contributed by atoms with E-state index in [0.717, 1.165) is 34.4 Å². The molecule has 0 spiro atoms. The molecule has 1 aromatic rings. The van der Waals surface area contributed by atoms with Crippen LogP contribution in [-0.2, 0) is 9.63 Å². The Labute approximate surface area is 184 Å². The van der Waals surface area contributed by atoms with Crippen LogP contribution in [0.3, 0.4) is 0 Å². The Morgan fingerprint density at radius 2 is 1.90 bits per heavy atom. The predicted molar refractivity (Wildman–Crippen MR) is 124 cm³/mol. The van der Waals surface area contributed by atoms with Gasteiger partial charge < -0.3 is 20.6 Å². The largest absolute Gasteiger partial charge is 0.511 e. The van der Waals surface area contributed by atoms with E-state index in [1.165, 1.54) is 0 Å². The Hall–Kier alpha value is -2.83. The Bertz CT molecular complexity index is 903. The minimum atomic E-state index is -0.243. The van der Waals surface area contributed by atoms with Crippen molar-refractivity contribution in [3.63, 3.8) is 0 Å². The molecule has 0 aromatic heterocycles. The number of amides is 2. The smallest absolute Gasteiger partial charge is 0.319 e. The van der Waals surface area contributed by atoms with Gasteiger partial charge >= 0.3 is 6.03 Å². The molecule has 1 aromatic carbocycles. The van der Waals surface area contributed by atoms with Crippen LogP contribution < -0.4 is 10.6 Å². The summed E-state index contributed by atoms with van der Waals surface area (Å²) < 4.78 is 0. The number of nitrogens with zero attached hydrogens (tertiary/aromatic N) is 1. The van der Waals surface area contributed by atoms with Gasteiger partial charge in [0, 0.05) is 25.1 Å². The fraction of sp³-hybridized carbons (Fsp3) is 0.542. The highest BCUT2D eigenvalue weighted by atomic mass is 16.6. The first-order chi connectivity index (χ1) is 14.7.